The highest BCUT2D eigenvalue weighted by Crippen LogP contribution is 2.24. The molecule has 1 aliphatic rings. The molecule has 1 N–H and O–H groups in total. The van der Waals surface area contributed by atoms with Crippen LogP contribution in [-0.2, 0) is 5.75 Å². The van der Waals surface area contributed by atoms with Gasteiger partial charge in [-0.2, -0.15) is 0 Å². The average molecular weight is 497 g/mol. The van der Waals surface area contributed by atoms with E-state index in [0.29, 0.717) is 28.0 Å². The Morgan fingerprint density at radius 3 is 2.17 bits per heavy atom. The molecule has 7 nitrogen and oxygen atoms in total. The first-order chi connectivity index (χ1) is 17.2. The molecule has 9 heteroatoms. The molecule has 1 saturated carbocycles. The number of nitrogens with one attached hydrogen (secondary N) is 1. The second-order valence-corrected chi connectivity index (χ2v) is 9.97. The summed E-state index contributed by atoms with van der Waals surface area (Å²) < 4.78 is 15.1. The van der Waals surface area contributed by atoms with Crippen molar-refractivity contribution in [3.8, 4) is 5.69 Å². The topological polar surface area (TPSA) is 85.6 Å². The lowest BCUT2D eigenvalue weighted by atomic mass is 9.98. The van der Waals surface area contributed by atoms with Crippen molar-refractivity contribution in [2.24, 2.45) is 0 Å². The van der Waals surface area contributed by atoms with Crippen LogP contribution in [0, 0.1) is 5.82 Å². The zero-order valence-corrected chi connectivity index (χ0v) is 20.9. The summed E-state index contributed by atoms with van der Waals surface area (Å²) in [5, 5.41) is 12.4. The standard InChI is InChI=1S/C26H33FN6OS/c27-20-13-15-22(16-14-20)33-23(19-35-26-28-17-10-18-29-26)24(31-32-33)25(34)30-21-11-8-6-4-2-1-3-5-7-9-12-21/h10,13-18,21H,1-9,11-12,19H2,(H,30,34). The van der Waals surface area contributed by atoms with Gasteiger partial charge in [-0.1, -0.05) is 74.8 Å². The molecule has 0 radical (unpaired) electrons. The van der Waals surface area contributed by atoms with E-state index in [9.17, 15) is 9.18 Å². The molecule has 2 heterocycles. The second-order valence-electron chi connectivity index (χ2n) is 9.02. The van der Waals surface area contributed by atoms with Gasteiger partial charge in [0.2, 0.25) is 0 Å². The molecule has 0 atom stereocenters. The summed E-state index contributed by atoms with van der Waals surface area (Å²) in [7, 11) is 0. The van der Waals surface area contributed by atoms with Crippen LogP contribution in [0.2, 0.25) is 0 Å². The fraction of sp³-hybridized carbons (Fsp3) is 0.500. The molecular weight excluding hydrogens is 463 g/mol. The highest BCUT2D eigenvalue weighted by atomic mass is 32.2. The van der Waals surface area contributed by atoms with Crippen molar-refractivity contribution in [2.75, 3.05) is 0 Å². The van der Waals surface area contributed by atoms with Crippen molar-refractivity contribution in [3.05, 3.63) is 59.9 Å². The Hall–Kier alpha value is -2.81. The number of hydrogen-bond acceptors (Lipinski definition) is 6. The zero-order chi connectivity index (χ0) is 24.3. The van der Waals surface area contributed by atoms with Crippen molar-refractivity contribution in [1.29, 1.82) is 0 Å². The third kappa shape index (κ3) is 7.59. The van der Waals surface area contributed by atoms with Crippen molar-refractivity contribution in [2.45, 2.75) is 87.6 Å². The lowest BCUT2D eigenvalue weighted by Crippen LogP contribution is -2.35. The van der Waals surface area contributed by atoms with Crippen molar-refractivity contribution in [3.63, 3.8) is 0 Å². The Morgan fingerprint density at radius 1 is 0.943 bits per heavy atom. The molecule has 1 aliphatic carbocycles. The van der Waals surface area contributed by atoms with Crippen LogP contribution in [0.4, 0.5) is 4.39 Å². The van der Waals surface area contributed by atoms with E-state index >= 15 is 0 Å². The number of halogens is 1. The molecule has 35 heavy (non-hydrogen) atoms. The largest absolute Gasteiger partial charge is 0.348 e. The van der Waals surface area contributed by atoms with Gasteiger partial charge in [0.25, 0.3) is 5.91 Å². The lowest BCUT2D eigenvalue weighted by molar-refractivity contribution is 0.0925. The first kappa shape index (κ1) is 25.3. The van der Waals surface area contributed by atoms with Crippen LogP contribution >= 0.6 is 11.8 Å². The molecule has 4 rings (SSSR count). The van der Waals surface area contributed by atoms with Gasteiger partial charge in [-0.15, -0.1) is 5.10 Å². The minimum Gasteiger partial charge on any atom is -0.348 e. The van der Waals surface area contributed by atoms with Crippen LogP contribution in [0.5, 0.6) is 0 Å². The molecule has 1 amide bonds. The smallest absolute Gasteiger partial charge is 0.274 e. The van der Waals surface area contributed by atoms with Gasteiger partial charge in [0.05, 0.1) is 11.4 Å². The van der Waals surface area contributed by atoms with Crippen LogP contribution in [0.1, 0.15) is 86.8 Å². The van der Waals surface area contributed by atoms with Gasteiger partial charge in [-0.25, -0.2) is 19.0 Å². The minimum absolute atomic E-state index is 0.135. The maximum atomic E-state index is 13.5. The normalized spacial score (nSPS) is 16.3. The number of benzene rings is 1. The molecular formula is C26H33FN6OS. The number of aromatic nitrogens is 5. The van der Waals surface area contributed by atoms with E-state index in [4.69, 9.17) is 0 Å². The molecule has 186 valence electrons. The number of hydrogen-bond donors (Lipinski definition) is 1. The Bertz CT molecular complexity index is 1050. The second kappa shape index (κ2) is 13.3. The maximum Gasteiger partial charge on any atom is 0.274 e. The third-order valence-corrected chi connectivity index (χ3v) is 7.26. The highest BCUT2D eigenvalue weighted by molar-refractivity contribution is 7.98. The van der Waals surface area contributed by atoms with Gasteiger partial charge in [0.1, 0.15) is 5.82 Å². The summed E-state index contributed by atoms with van der Waals surface area (Å²) in [5.74, 6) is -0.134. The molecule has 0 saturated heterocycles. The molecule has 2 aromatic heterocycles. The minimum atomic E-state index is -0.331. The molecule has 0 aliphatic heterocycles. The van der Waals surface area contributed by atoms with E-state index in [1.54, 1.807) is 35.3 Å². The quantitative estimate of drug-likeness (QED) is 0.338. The third-order valence-electron chi connectivity index (χ3n) is 6.37. The Kier molecular flexibility index (Phi) is 9.63. The monoisotopic (exact) mass is 496 g/mol. The van der Waals surface area contributed by atoms with Crippen molar-refractivity contribution >= 4 is 17.7 Å². The first-order valence-electron chi connectivity index (χ1n) is 12.6. The van der Waals surface area contributed by atoms with E-state index < -0.39 is 0 Å². The number of rotatable bonds is 6. The summed E-state index contributed by atoms with van der Waals surface area (Å²) in [6.45, 7) is 0. The summed E-state index contributed by atoms with van der Waals surface area (Å²) >= 11 is 1.41. The van der Waals surface area contributed by atoms with Crippen LogP contribution < -0.4 is 5.32 Å². The highest BCUT2D eigenvalue weighted by Gasteiger charge is 2.23. The van der Waals surface area contributed by atoms with Gasteiger partial charge in [0, 0.05) is 24.2 Å². The van der Waals surface area contributed by atoms with Gasteiger partial charge in [-0.3, -0.25) is 4.79 Å². The Morgan fingerprint density at radius 2 is 1.54 bits per heavy atom. The summed E-state index contributed by atoms with van der Waals surface area (Å²) in [4.78, 5) is 21.9. The molecule has 1 fully saturated rings. The summed E-state index contributed by atoms with van der Waals surface area (Å²) in [6, 6.07) is 7.90. The fourth-order valence-corrected chi connectivity index (χ4v) is 5.25. The van der Waals surface area contributed by atoms with E-state index in [1.165, 1.54) is 68.8 Å². The van der Waals surface area contributed by atoms with Gasteiger partial charge in [-0.05, 0) is 43.2 Å². The first-order valence-corrected chi connectivity index (χ1v) is 13.6. The van der Waals surface area contributed by atoms with Crippen LogP contribution in [0.3, 0.4) is 0 Å². The Balaban J connectivity index is 1.52. The number of amides is 1. The molecule has 1 aromatic carbocycles. The fourth-order valence-electron chi connectivity index (χ4n) is 4.45. The Labute approximate surface area is 210 Å². The van der Waals surface area contributed by atoms with Crippen molar-refractivity contribution in [1.82, 2.24) is 30.3 Å². The van der Waals surface area contributed by atoms with E-state index in [1.807, 2.05) is 0 Å². The van der Waals surface area contributed by atoms with E-state index in [0.717, 1.165) is 25.7 Å². The summed E-state index contributed by atoms with van der Waals surface area (Å²) in [5.41, 5.74) is 1.58. The average Bonchev–Trinajstić information content (AvgIpc) is 3.29. The predicted octanol–water partition coefficient (Wildman–Crippen LogP) is 5.89. The van der Waals surface area contributed by atoms with Gasteiger partial charge in [0.15, 0.2) is 10.9 Å². The van der Waals surface area contributed by atoms with Crippen molar-refractivity contribution < 1.29 is 9.18 Å². The summed E-state index contributed by atoms with van der Waals surface area (Å²) in [6.07, 6.45) is 16.5. The number of carbonyl (C=O) groups excluding carboxylic acids is 1. The van der Waals surface area contributed by atoms with Crippen LogP contribution in [0.25, 0.3) is 5.69 Å². The van der Waals surface area contributed by atoms with Crippen LogP contribution in [-0.4, -0.2) is 36.9 Å². The SMILES string of the molecule is O=C(NC1CCCCCCCCCCC1)c1nnn(-c2ccc(F)cc2)c1CSc1ncccn1. The number of thioether (sulfide) groups is 1. The molecule has 0 unspecified atom stereocenters. The molecule has 0 bridgehead atoms. The predicted molar refractivity (Wildman–Crippen MR) is 135 cm³/mol. The maximum absolute atomic E-state index is 13.5. The number of carbonyl (C=O) groups is 1. The van der Waals surface area contributed by atoms with Crippen LogP contribution in [0.15, 0.2) is 47.9 Å². The van der Waals surface area contributed by atoms with E-state index in [-0.39, 0.29) is 17.8 Å². The molecule has 3 aromatic rings. The van der Waals surface area contributed by atoms with E-state index in [2.05, 4.69) is 25.6 Å². The number of nitrogens with zero attached hydrogens (tertiary/aromatic N) is 5. The van der Waals surface area contributed by atoms with Gasteiger partial charge < -0.3 is 5.32 Å². The molecule has 0 spiro atoms. The lowest BCUT2D eigenvalue weighted by Gasteiger charge is -2.19. The zero-order valence-electron chi connectivity index (χ0n) is 20.0. The van der Waals surface area contributed by atoms with Gasteiger partial charge >= 0.3 is 0 Å².